The molecule has 3 N–H and O–H groups in total. The van der Waals surface area contributed by atoms with Crippen LogP contribution in [0.2, 0.25) is 0 Å². The zero-order valence-corrected chi connectivity index (χ0v) is 41.5. The van der Waals surface area contributed by atoms with E-state index in [-0.39, 0.29) is 24.9 Å². The molecule has 1 amide bonds. The Hall–Kier alpha value is -1.92. The van der Waals surface area contributed by atoms with Gasteiger partial charge in [-0.1, -0.05) is 243 Å². The summed E-state index contributed by atoms with van der Waals surface area (Å²) in [7, 11) is 0. The molecule has 0 spiro atoms. The van der Waals surface area contributed by atoms with Gasteiger partial charge in [-0.15, -0.1) is 0 Å². The standard InChI is InChI=1S/C56H105NO5/c1-4-7-10-13-16-19-22-24-26-27-29-31-34-36-39-42-45-48-54(59)53(51-58)57-55(60)50-52(62-56(61)49-46-43-40-37-32-21-18-15-12-9-6-3)47-44-41-38-35-33-30-28-25-23-20-17-14-11-8-5-2/h17,20,25,28,33,35,52-54,58-59H,4-16,18-19,21-24,26-27,29-32,34,36-51H2,1-3H3,(H,57,60)/b20-17-,28-25-,35-33-. The van der Waals surface area contributed by atoms with E-state index in [1.165, 1.54) is 167 Å². The van der Waals surface area contributed by atoms with E-state index >= 15 is 0 Å². The van der Waals surface area contributed by atoms with Gasteiger partial charge in [0, 0.05) is 6.42 Å². The lowest BCUT2D eigenvalue weighted by molar-refractivity contribution is -0.151. The summed E-state index contributed by atoms with van der Waals surface area (Å²) >= 11 is 0. The molecule has 0 aromatic heterocycles. The maximum Gasteiger partial charge on any atom is 0.306 e. The van der Waals surface area contributed by atoms with Crippen LogP contribution in [0, 0.1) is 0 Å². The van der Waals surface area contributed by atoms with E-state index in [9.17, 15) is 19.8 Å². The highest BCUT2D eigenvalue weighted by Gasteiger charge is 2.24. The Labute approximate surface area is 385 Å². The minimum Gasteiger partial charge on any atom is -0.462 e. The molecule has 0 fully saturated rings. The van der Waals surface area contributed by atoms with Gasteiger partial charge in [0.1, 0.15) is 6.10 Å². The number of unbranched alkanes of at least 4 members (excludes halogenated alkanes) is 31. The van der Waals surface area contributed by atoms with E-state index in [4.69, 9.17) is 4.74 Å². The first-order valence-electron chi connectivity index (χ1n) is 27.2. The average molecular weight is 872 g/mol. The van der Waals surface area contributed by atoms with Crippen LogP contribution in [0.25, 0.3) is 0 Å². The van der Waals surface area contributed by atoms with Crippen LogP contribution in [-0.2, 0) is 14.3 Å². The van der Waals surface area contributed by atoms with E-state index < -0.39 is 18.2 Å². The molecule has 0 aromatic rings. The number of ether oxygens (including phenoxy) is 1. The predicted molar refractivity (Wildman–Crippen MR) is 269 cm³/mol. The third-order valence-corrected chi connectivity index (χ3v) is 12.5. The fourth-order valence-electron chi connectivity index (χ4n) is 8.32. The Morgan fingerprint density at radius 1 is 0.468 bits per heavy atom. The molecular weight excluding hydrogens is 767 g/mol. The number of esters is 1. The first-order chi connectivity index (χ1) is 30.5. The third-order valence-electron chi connectivity index (χ3n) is 12.5. The van der Waals surface area contributed by atoms with Crippen LogP contribution < -0.4 is 5.32 Å². The predicted octanol–water partition coefficient (Wildman–Crippen LogP) is 16.5. The SMILES string of the molecule is CCCCC/C=C\C/C=C\C/C=C\CCCCC(CC(=O)NC(CO)C(O)CCCCCCCCCCCCCCCCCCC)OC(=O)CCCCCCCCCCCCC. The Balaban J connectivity index is 4.55. The molecular formula is C56H105NO5. The lowest BCUT2D eigenvalue weighted by Crippen LogP contribution is -2.46. The number of allylic oxidation sites excluding steroid dienone is 6. The van der Waals surface area contributed by atoms with Crippen LogP contribution in [0.4, 0.5) is 0 Å². The summed E-state index contributed by atoms with van der Waals surface area (Å²) in [5.41, 5.74) is 0. The minimum absolute atomic E-state index is 0.0556. The van der Waals surface area contributed by atoms with Gasteiger partial charge >= 0.3 is 5.97 Å². The minimum atomic E-state index is -0.795. The summed E-state index contributed by atoms with van der Waals surface area (Å²) in [6.45, 7) is 6.46. The molecule has 62 heavy (non-hydrogen) atoms. The van der Waals surface area contributed by atoms with Crippen LogP contribution in [0.15, 0.2) is 36.5 Å². The summed E-state index contributed by atoms with van der Waals surface area (Å²) in [6, 6.07) is -0.711. The summed E-state index contributed by atoms with van der Waals surface area (Å²) in [5, 5.41) is 23.8. The number of carbonyl (C=O) groups excluding carboxylic acids is 2. The van der Waals surface area contributed by atoms with Crippen molar-refractivity contribution in [1.82, 2.24) is 5.32 Å². The summed E-state index contributed by atoms with van der Waals surface area (Å²) in [6.07, 6.45) is 59.2. The first-order valence-corrected chi connectivity index (χ1v) is 27.2. The van der Waals surface area contributed by atoms with Crippen LogP contribution >= 0.6 is 0 Å². The van der Waals surface area contributed by atoms with Gasteiger partial charge in [-0.25, -0.2) is 0 Å². The molecule has 6 heteroatoms. The average Bonchev–Trinajstić information content (AvgIpc) is 3.26. The molecule has 0 saturated carbocycles. The summed E-state index contributed by atoms with van der Waals surface area (Å²) in [5.74, 6) is -0.501. The van der Waals surface area contributed by atoms with Crippen molar-refractivity contribution in [2.75, 3.05) is 6.61 Å². The molecule has 0 saturated heterocycles. The largest absolute Gasteiger partial charge is 0.462 e. The van der Waals surface area contributed by atoms with Gasteiger partial charge in [0.05, 0.1) is 25.2 Å². The van der Waals surface area contributed by atoms with Gasteiger partial charge in [0.2, 0.25) is 5.91 Å². The Morgan fingerprint density at radius 2 is 0.823 bits per heavy atom. The van der Waals surface area contributed by atoms with Gasteiger partial charge in [-0.2, -0.15) is 0 Å². The number of hydrogen-bond acceptors (Lipinski definition) is 5. The highest BCUT2D eigenvalue weighted by Crippen LogP contribution is 2.18. The van der Waals surface area contributed by atoms with E-state index in [1.807, 2.05) is 0 Å². The number of hydrogen-bond donors (Lipinski definition) is 3. The zero-order chi connectivity index (χ0) is 45.2. The van der Waals surface area contributed by atoms with Crippen molar-refractivity contribution >= 4 is 11.9 Å². The van der Waals surface area contributed by atoms with Gasteiger partial charge in [0.15, 0.2) is 0 Å². The molecule has 0 aliphatic rings. The second-order valence-electron chi connectivity index (χ2n) is 18.6. The topological polar surface area (TPSA) is 95.9 Å². The molecule has 0 aliphatic heterocycles. The second kappa shape index (κ2) is 50.1. The van der Waals surface area contributed by atoms with Gasteiger partial charge in [-0.3, -0.25) is 9.59 Å². The highest BCUT2D eigenvalue weighted by atomic mass is 16.5. The molecule has 0 rings (SSSR count). The molecule has 3 atom stereocenters. The van der Waals surface area contributed by atoms with Crippen molar-refractivity contribution in [1.29, 1.82) is 0 Å². The number of amides is 1. The van der Waals surface area contributed by atoms with Crippen LogP contribution in [0.3, 0.4) is 0 Å². The highest BCUT2D eigenvalue weighted by molar-refractivity contribution is 5.77. The summed E-state index contributed by atoms with van der Waals surface area (Å²) in [4.78, 5) is 26.1. The molecule has 0 bridgehead atoms. The second-order valence-corrected chi connectivity index (χ2v) is 18.6. The molecule has 0 heterocycles. The van der Waals surface area contributed by atoms with E-state index in [0.29, 0.717) is 19.3 Å². The fraction of sp³-hybridized carbons (Fsp3) is 0.857. The van der Waals surface area contributed by atoms with Crippen molar-refractivity contribution in [3.05, 3.63) is 36.5 Å². The molecule has 6 nitrogen and oxygen atoms in total. The van der Waals surface area contributed by atoms with E-state index in [0.717, 1.165) is 70.6 Å². The number of carbonyl (C=O) groups is 2. The van der Waals surface area contributed by atoms with Crippen molar-refractivity contribution < 1.29 is 24.5 Å². The molecule has 3 unspecified atom stereocenters. The maximum absolute atomic E-state index is 13.2. The number of rotatable bonds is 49. The maximum atomic E-state index is 13.2. The Morgan fingerprint density at radius 3 is 1.26 bits per heavy atom. The quantitative estimate of drug-likeness (QED) is 0.0321. The number of nitrogens with one attached hydrogen (secondary N) is 1. The molecule has 0 radical (unpaired) electrons. The van der Waals surface area contributed by atoms with E-state index in [2.05, 4.69) is 62.5 Å². The molecule has 0 aromatic carbocycles. The number of aliphatic hydroxyl groups is 2. The van der Waals surface area contributed by atoms with Crippen molar-refractivity contribution in [2.45, 2.75) is 302 Å². The van der Waals surface area contributed by atoms with Crippen molar-refractivity contribution in [2.24, 2.45) is 0 Å². The van der Waals surface area contributed by atoms with E-state index in [1.54, 1.807) is 0 Å². The molecule has 364 valence electrons. The Kier molecular flexibility index (Phi) is 48.5. The summed E-state index contributed by atoms with van der Waals surface area (Å²) < 4.78 is 5.92. The number of aliphatic hydroxyl groups excluding tert-OH is 2. The van der Waals surface area contributed by atoms with Crippen LogP contribution in [-0.4, -0.2) is 46.9 Å². The van der Waals surface area contributed by atoms with Crippen LogP contribution in [0.1, 0.15) is 284 Å². The first kappa shape index (κ1) is 60.1. The van der Waals surface area contributed by atoms with Gasteiger partial charge in [0.25, 0.3) is 0 Å². The smallest absolute Gasteiger partial charge is 0.306 e. The van der Waals surface area contributed by atoms with Crippen molar-refractivity contribution in [3.63, 3.8) is 0 Å². The zero-order valence-electron chi connectivity index (χ0n) is 41.5. The van der Waals surface area contributed by atoms with Gasteiger partial charge < -0.3 is 20.3 Å². The third kappa shape index (κ3) is 44.7. The van der Waals surface area contributed by atoms with Crippen molar-refractivity contribution in [3.8, 4) is 0 Å². The fourth-order valence-corrected chi connectivity index (χ4v) is 8.32. The monoisotopic (exact) mass is 872 g/mol. The lowest BCUT2D eigenvalue weighted by Gasteiger charge is -2.24. The Bertz CT molecular complexity index is 1020. The van der Waals surface area contributed by atoms with Crippen LogP contribution in [0.5, 0.6) is 0 Å². The van der Waals surface area contributed by atoms with Gasteiger partial charge in [-0.05, 0) is 64.2 Å². The molecule has 0 aliphatic carbocycles. The lowest BCUT2D eigenvalue weighted by atomic mass is 10.0. The normalized spacial score (nSPS) is 13.4.